The second-order valence-corrected chi connectivity index (χ2v) is 11.4. The van der Waals surface area contributed by atoms with Crippen molar-refractivity contribution in [2.75, 3.05) is 26.2 Å². The first-order valence-corrected chi connectivity index (χ1v) is 14.3. The highest BCUT2D eigenvalue weighted by molar-refractivity contribution is 5.94. The molecule has 3 aliphatic rings. The van der Waals surface area contributed by atoms with E-state index in [1.54, 1.807) is 0 Å². The van der Waals surface area contributed by atoms with Gasteiger partial charge >= 0.3 is 0 Å². The van der Waals surface area contributed by atoms with Gasteiger partial charge in [-0.2, -0.15) is 5.10 Å². The quantitative estimate of drug-likeness (QED) is 0.591. The number of piperidine rings is 3. The molecule has 2 amide bonds. The topological polar surface area (TPSA) is 70.5 Å². The number of aryl methyl sites for hydroxylation is 2. The number of carbonyl (C=O) groups is 2. The van der Waals surface area contributed by atoms with E-state index in [0.29, 0.717) is 30.8 Å². The lowest BCUT2D eigenvalue weighted by molar-refractivity contribution is -0.121. The van der Waals surface area contributed by atoms with Gasteiger partial charge in [0.05, 0.1) is 5.69 Å². The summed E-state index contributed by atoms with van der Waals surface area (Å²) in [6, 6.07) is 10.6. The van der Waals surface area contributed by atoms with Gasteiger partial charge in [-0.05, 0) is 101 Å². The molecule has 1 N–H and O–H groups in total. The van der Waals surface area contributed by atoms with E-state index < -0.39 is 0 Å². The second kappa shape index (κ2) is 11.4. The lowest BCUT2D eigenvalue weighted by atomic mass is 9.69. The number of carbonyl (C=O) groups excluding carboxylic acids is 2. The van der Waals surface area contributed by atoms with E-state index >= 15 is 0 Å². The Morgan fingerprint density at radius 3 is 2.57 bits per heavy atom. The highest BCUT2D eigenvalue weighted by Crippen LogP contribution is 2.43. The van der Waals surface area contributed by atoms with E-state index in [4.69, 9.17) is 0 Å². The Hall–Kier alpha value is -2.67. The molecule has 1 aromatic carbocycles. The number of nitrogens with one attached hydrogen (secondary N) is 1. The molecule has 1 aromatic heterocycles. The molecular weight excluding hydrogens is 462 g/mol. The third-order valence-electron chi connectivity index (χ3n) is 9.21. The summed E-state index contributed by atoms with van der Waals surface area (Å²) in [4.78, 5) is 31.3. The van der Waals surface area contributed by atoms with Gasteiger partial charge in [-0.15, -0.1) is 0 Å². The van der Waals surface area contributed by atoms with Crippen LogP contribution in [0.25, 0.3) is 0 Å². The average molecular weight is 506 g/mol. The van der Waals surface area contributed by atoms with E-state index in [0.717, 1.165) is 42.8 Å². The normalized spacial score (nSPS) is 25.5. The van der Waals surface area contributed by atoms with Crippen molar-refractivity contribution in [1.82, 2.24) is 24.9 Å². The van der Waals surface area contributed by atoms with Crippen molar-refractivity contribution in [3.8, 4) is 0 Å². The molecule has 7 nitrogen and oxygen atoms in total. The van der Waals surface area contributed by atoms with Gasteiger partial charge in [0.1, 0.15) is 0 Å². The molecule has 3 fully saturated rings. The monoisotopic (exact) mass is 505 g/mol. The molecule has 200 valence electrons. The van der Waals surface area contributed by atoms with Crippen LogP contribution in [0.15, 0.2) is 30.3 Å². The number of amides is 2. The van der Waals surface area contributed by atoms with Crippen LogP contribution in [0, 0.1) is 25.7 Å². The van der Waals surface area contributed by atoms with Crippen LogP contribution in [0.5, 0.6) is 0 Å². The van der Waals surface area contributed by atoms with Gasteiger partial charge in [-0.25, -0.2) is 0 Å². The standard InChI is InChI=1S/C30H43N5O2/c1-21-25(22(2)33(3)32-21)16-17-31-28(36)15-7-14-27-26-13-9-19-34-18-8-12-24(29(26)34)20-35(27)30(37)23-10-5-4-6-11-23/h4-6,10-11,24,26-27,29H,7-9,12-20H2,1-3H3,(H,31,36)/t24-,26+,27+,29-/m0/s1. The summed E-state index contributed by atoms with van der Waals surface area (Å²) in [6.07, 6.45) is 7.90. The van der Waals surface area contributed by atoms with Crippen molar-refractivity contribution in [2.24, 2.45) is 18.9 Å². The maximum atomic E-state index is 13.7. The number of benzene rings is 1. The van der Waals surface area contributed by atoms with Crippen molar-refractivity contribution in [1.29, 1.82) is 0 Å². The summed E-state index contributed by atoms with van der Waals surface area (Å²) in [5.74, 6) is 1.36. The number of likely N-dealkylation sites (tertiary alicyclic amines) is 1. The molecule has 5 rings (SSSR count). The van der Waals surface area contributed by atoms with Gasteiger partial charge in [0, 0.05) is 49.9 Å². The first-order valence-electron chi connectivity index (χ1n) is 14.3. The summed E-state index contributed by atoms with van der Waals surface area (Å²) in [6.45, 7) is 8.00. The fourth-order valence-electron chi connectivity index (χ4n) is 7.41. The highest BCUT2D eigenvalue weighted by Gasteiger charge is 2.49. The average Bonchev–Trinajstić information content (AvgIpc) is 3.15. The Balaban J connectivity index is 1.21. The van der Waals surface area contributed by atoms with E-state index in [9.17, 15) is 9.59 Å². The molecule has 0 radical (unpaired) electrons. The predicted octanol–water partition coefficient (Wildman–Crippen LogP) is 3.88. The predicted molar refractivity (Wildman–Crippen MR) is 145 cm³/mol. The van der Waals surface area contributed by atoms with Crippen molar-refractivity contribution in [3.05, 3.63) is 52.8 Å². The molecule has 0 aliphatic carbocycles. The van der Waals surface area contributed by atoms with E-state index in [1.807, 2.05) is 49.0 Å². The van der Waals surface area contributed by atoms with Crippen LogP contribution in [0.2, 0.25) is 0 Å². The van der Waals surface area contributed by atoms with Gasteiger partial charge in [-0.3, -0.25) is 19.2 Å². The van der Waals surface area contributed by atoms with Gasteiger partial charge in [-0.1, -0.05) is 18.2 Å². The maximum Gasteiger partial charge on any atom is 0.254 e. The number of hydrogen-bond donors (Lipinski definition) is 1. The molecule has 7 heteroatoms. The van der Waals surface area contributed by atoms with Gasteiger partial charge in [0.15, 0.2) is 0 Å². The summed E-state index contributed by atoms with van der Waals surface area (Å²) < 4.78 is 1.91. The fourth-order valence-corrected chi connectivity index (χ4v) is 7.41. The zero-order valence-electron chi connectivity index (χ0n) is 22.8. The first kappa shape index (κ1) is 26.0. The summed E-state index contributed by atoms with van der Waals surface area (Å²) in [5.41, 5.74) is 4.21. The van der Waals surface area contributed by atoms with Crippen LogP contribution in [-0.4, -0.2) is 69.7 Å². The molecule has 3 saturated heterocycles. The number of nitrogens with zero attached hydrogens (tertiary/aromatic N) is 4. The first-order chi connectivity index (χ1) is 17.9. The van der Waals surface area contributed by atoms with Crippen LogP contribution in [0.4, 0.5) is 0 Å². The zero-order chi connectivity index (χ0) is 25.9. The molecule has 4 atom stereocenters. The largest absolute Gasteiger partial charge is 0.356 e. The van der Waals surface area contributed by atoms with E-state index in [2.05, 4.69) is 27.1 Å². The molecule has 4 heterocycles. The SMILES string of the molecule is Cc1nn(C)c(C)c1CCNC(=O)CCC[C@@H]1[C@H]2CCCN3CCC[C@@H](CN1C(=O)c1ccccc1)[C@@H]23. The molecule has 0 unspecified atom stereocenters. The molecule has 0 spiro atoms. The Kier molecular flexibility index (Phi) is 7.98. The van der Waals surface area contributed by atoms with E-state index in [1.165, 1.54) is 44.3 Å². The fraction of sp³-hybridized carbons (Fsp3) is 0.633. The molecule has 0 saturated carbocycles. The Bertz CT molecular complexity index is 1090. The smallest absolute Gasteiger partial charge is 0.254 e. The van der Waals surface area contributed by atoms with Gasteiger partial charge < -0.3 is 10.2 Å². The van der Waals surface area contributed by atoms with Crippen molar-refractivity contribution in [3.63, 3.8) is 0 Å². The van der Waals surface area contributed by atoms with Crippen molar-refractivity contribution < 1.29 is 9.59 Å². The van der Waals surface area contributed by atoms with Crippen LogP contribution in [-0.2, 0) is 18.3 Å². The number of rotatable bonds is 8. The third-order valence-corrected chi connectivity index (χ3v) is 9.21. The van der Waals surface area contributed by atoms with Gasteiger partial charge in [0.25, 0.3) is 5.91 Å². The van der Waals surface area contributed by atoms with Gasteiger partial charge in [0.2, 0.25) is 5.91 Å². The number of aromatic nitrogens is 2. The van der Waals surface area contributed by atoms with Crippen LogP contribution in [0.3, 0.4) is 0 Å². The highest BCUT2D eigenvalue weighted by atomic mass is 16.2. The van der Waals surface area contributed by atoms with E-state index in [-0.39, 0.29) is 17.9 Å². The zero-order valence-corrected chi connectivity index (χ0v) is 22.8. The van der Waals surface area contributed by atoms with Crippen molar-refractivity contribution in [2.45, 2.75) is 77.3 Å². The molecule has 0 bridgehead atoms. The van der Waals surface area contributed by atoms with Crippen LogP contribution >= 0.6 is 0 Å². The summed E-state index contributed by atoms with van der Waals surface area (Å²) in [7, 11) is 1.96. The second-order valence-electron chi connectivity index (χ2n) is 11.4. The third kappa shape index (κ3) is 5.47. The Morgan fingerprint density at radius 2 is 1.84 bits per heavy atom. The molecule has 2 aromatic rings. The Morgan fingerprint density at radius 1 is 1.08 bits per heavy atom. The minimum Gasteiger partial charge on any atom is -0.356 e. The molecule has 3 aliphatic heterocycles. The van der Waals surface area contributed by atoms with Crippen LogP contribution < -0.4 is 5.32 Å². The minimum atomic E-state index is 0.108. The Labute approximate surface area is 221 Å². The lowest BCUT2D eigenvalue weighted by Crippen LogP contribution is -2.65. The van der Waals surface area contributed by atoms with Crippen LogP contribution in [0.1, 0.15) is 72.3 Å². The molecular formula is C30H43N5O2. The number of hydrogen-bond acceptors (Lipinski definition) is 4. The summed E-state index contributed by atoms with van der Waals surface area (Å²) in [5, 5.41) is 7.59. The maximum absolute atomic E-state index is 13.7. The summed E-state index contributed by atoms with van der Waals surface area (Å²) >= 11 is 0. The lowest BCUT2D eigenvalue weighted by Gasteiger charge is -2.57. The molecule has 37 heavy (non-hydrogen) atoms. The van der Waals surface area contributed by atoms with Crippen molar-refractivity contribution >= 4 is 11.8 Å². The minimum absolute atomic E-state index is 0.108.